The quantitative estimate of drug-likeness (QED) is 0.377. The highest BCUT2D eigenvalue weighted by molar-refractivity contribution is 5.85. The van der Waals surface area contributed by atoms with Crippen molar-refractivity contribution < 1.29 is 9.50 Å². The number of nitrogens with one attached hydrogen (secondary N) is 2. The van der Waals surface area contributed by atoms with Crippen LogP contribution in [0.15, 0.2) is 48.0 Å². The number of rotatable bonds is 7. The van der Waals surface area contributed by atoms with Gasteiger partial charge in [0.2, 0.25) is 0 Å². The van der Waals surface area contributed by atoms with Gasteiger partial charge >= 0.3 is 0 Å². The molecule has 4 aromatic rings. The lowest BCUT2D eigenvalue weighted by atomic mass is 10.1. The Morgan fingerprint density at radius 3 is 3.06 bits per heavy atom. The van der Waals surface area contributed by atoms with Gasteiger partial charge in [-0.3, -0.25) is 4.99 Å². The smallest absolute Gasteiger partial charge is 0.166 e. The van der Waals surface area contributed by atoms with Gasteiger partial charge in [-0.05, 0) is 44.2 Å². The molecule has 0 spiro atoms. The van der Waals surface area contributed by atoms with E-state index < -0.39 is 6.17 Å². The number of hydrogen-bond donors (Lipinski definition) is 3. The first-order chi connectivity index (χ1) is 16.6. The average molecular weight is 462 g/mol. The fourth-order valence-corrected chi connectivity index (χ4v) is 4.27. The summed E-state index contributed by atoms with van der Waals surface area (Å²) in [7, 11) is 0. The molecule has 0 amide bonds. The van der Waals surface area contributed by atoms with Crippen LogP contribution in [0.4, 0.5) is 10.2 Å². The molecular weight excluding hydrogens is 433 g/mol. The Hall–Kier alpha value is -3.59. The maximum Gasteiger partial charge on any atom is 0.166 e. The molecule has 34 heavy (non-hydrogen) atoms. The predicted octanol–water partition coefficient (Wildman–Crippen LogP) is 4.45. The van der Waals surface area contributed by atoms with Crippen LogP contribution < -0.4 is 5.32 Å². The number of imidazole rings is 1. The van der Waals surface area contributed by atoms with Crippen LogP contribution in [-0.4, -0.2) is 55.1 Å². The van der Waals surface area contributed by atoms with Crippen molar-refractivity contribution in [1.29, 1.82) is 0 Å². The number of anilines is 1. The third kappa shape index (κ3) is 4.43. The lowest BCUT2D eigenvalue weighted by Gasteiger charge is -2.14. The number of fused-ring (bicyclic) bond motifs is 2. The van der Waals surface area contributed by atoms with Crippen molar-refractivity contribution in [2.45, 2.75) is 44.8 Å². The largest absolute Gasteiger partial charge is 0.394 e. The summed E-state index contributed by atoms with van der Waals surface area (Å²) in [5.74, 6) is 1.18. The summed E-state index contributed by atoms with van der Waals surface area (Å²) in [6.45, 7) is 2.54. The maximum atomic E-state index is 13.7. The van der Waals surface area contributed by atoms with E-state index in [9.17, 15) is 9.50 Å². The zero-order chi connectivity index (χ0) is 23.5. The fourth-order valence-electron chi connectivity index (χ4n) is 4.27. The van der Waals surface area contributed by atoms with E-state index in [2.05, 4.69) is 32.4 Å². The molecule has 1 aliphatic rings. The first-order valence-electron chi connectivity index (χ1n) is 11.6. The van der Waals surface area contributed by atoms with Gasteiger partial charge in [-0.25, -0.2) is 19.3 Å². The highest BCUT2D eigenvalue weighted by Gasteiger charge is 2.19. The Morgan fingerprint density at radius 1 is 1.29 bits per heavy atom. The third-order valence-electron chi connectivity index (χ3n) is 6.21. The third-order valence-corrected chi connectivity index (χ3v) is 6.21. The molecule has 0 aliphatic carbocycles. The Labute approximate surface area is 196 Å². The number of aliphatic hydroxyl groups excluding tert-OH is 1. The molecular formula is C25H28FN7O. The van der Waals surface area contributed by atoms with Crippen LogP contribution in [0.5, 0.6) is 0 Å². The number of aromatic amines is 1. The number of aliphatic hydroxyl groups is 1. The second kappa shape index (κ2) is 9.72. The summed E-state index contributed by atoms with van der Waals surface area (Å²) in [6, 6.07) is 8.06. The van der Waals surface area contributed by atoms with Gasteiger partial charge < -0.3 is 20.0 Å². The first-order valence-corrected chi connectivity index (χ1v) is 11.6. The summed E-state index contributed by atoms with van der Waals surface area (Å²) in [6.07, 6.45) is 8.26. The highest BCUT2D eigenvalue weighted by atomic mass is 19.1. The number of H-pyrrole nitrogens is 1. The zero-order valence-electron chi connectivity index (χ0n) is 19.1. The molecule has 1 aliphatic heterocycles. The SMILES string of the molecule is C[C@H](CO)n1cnc2c(NCCc3c[nH]c4ccccc34)nc(/C3=C/N=CC(F)CCC3)nc21. The molecule has 2 atom stereocenters. The Kier molecular flexibility index (Phi) is 6.35. The number of aliphatic imine (C=N–C) groups is 1. The van der Waals surface area contributed by atoms with E-state index in [4.69, 9.17) is 9.97 Å². The highest BCUT2D eigenvalue weighted by Crippen LogP contribution is 2.27. The summed E-state index contributed by atoms with van der Waals surface area (Å²) in [5, 5.41) is 14.4. The van der Waals surface area contributed by atoms with Crippen molar-refractivity contribution in [3.8, 4) is 0 Å². The Balaban J connectivity index is 1.47. The second-order valence-corrected chi connectivity index (χ2v) is 8.65. The molecule has 3 aromatic heterocycles. The van der Waals surface area contributed by atoms with Gasteiger partial charge in [0.05, 0.1) is 19.0 Å². The van der Waals surface area contributed by atoms with Crippen LogP contribution in [0, 0.1) is 0 Å². The average Bonchev–Trinajstić information content (AvgIpc) is 3.45. The number of allylic oxidation sites excluding steroid dienone is 1. The van der Waals surface area contributed by atoms with Gasteiger partial charge in [0, 0.05) is 41.6 Å². The predicted molar refractivity (Wildman–Crippen MR) is 133 cm³/mol. The number of alkyl halides is 1. The molecule has 8 nitrogen and oxygen atoms in total. The van der Waals surface area contributed by atoms with Crippen LogP contribution in [0.3, 0.4) is 0 Å². The summed E-state index contributed by atoms with van der Waals surface area (Å²) in [4.78, 5) is 21.6. The summed E-state index contributed by atoms with van der Waals surface area (Å²) >= 11 is 0. The van der Waals surface area contributed by atoms with Gasteiger partial charge in [0.25, 0.3) is 0 Å². The number of halogens is 1. The van der Waals surface area contributed by atoms with Crippen molar-refractivity contribution in [2.75, 3.05) is 18.5 Å². The standard InChI is InChI=1S/C25H28FN7O/c1-16(14-34)33-15-30-22-24(28-10-9-17-12-29-21-8-3-2-7-20(17)21)31-23(32-25(22)33)18-5-4-6-19(26)13-27-11-18/h2-3,7-8,11-13,15-16,19,29,34H,4-6,9-10,14H2,1H3,(H,28,31,32)/b18-11+,27-13?/t16-,19?/m1/s1. The van der Waals surface area contributed by atoms with Crippen molar-refractivity contribution in [1.82, 2.24) is 24.5 Å². The van der Waals surface area contributed by atoms with E-state index in [0.717, 1.165) is 17.5 Å². The number of benzene rings is 1. The molecule has 176 valence electrons. The van der Waals surface area contributed by atoms with Crippen molar-refractivity contribution in [3.05, 3.63) is 54.4 Å². The lowest BCUT2D eigenvalue weighted by molar-refractivity contribution is 0.241. The van der Waals surface area contributed by atoms with Crippen molar-refractivity contribution >= 4 is 39.7 Å². The van der Waals surface area contributed by atoms with Crippen LogP contribution >= 0.6 is 0 Å². The molecule has 0 saturated heterocycles. The maximum absolute atomic E-state index is 13.7. The second-order valence-electron chi connectivity index (χ2n) is 8.65. The molecule has 0 fully saturated rings. The van der Waals surface area contributed by atoms with E-state index in [1.54, 1.807) is 12.5 Å². The Morgan fingerprint density at radius 2 is 2.18 bits per heavy atom. The molecule has 5 rings (SSSR count). The molecule has 0 radical (unpaired) electrons. The minimum atomic E-state index is -1.02. The van der Waals surface area contributed by atoms with Gasteiger partial charge in [-0.1, -0.05) is 18.2 Å². The molecule has 0 saturated carbocycles. The summed E-state index contributed by atoms with van der Waals surface area (Å²) < 4.78 is 15.5. The minimum Gasteiger partial charge on any atom is -0.394 e. The number of hydrogen-bond acceptors (Lipinski definition) is 6. The van der Waals surface area contributed by atoms with Gasteiger partial charge in [-0.2, -0.15) is 0 Å². The molecule has 9 heteroatoms. The lowest BCUT2D eigenvalue weighted by Crippen LogP contribution is -2.12. The monoisotopic (exact) mass is 461 g/mol. The van der Waals surface area contributed by atoms with Crippen LogP contribution in [0.1, 0.15) is 43.6 Å². The van der Waals surface area contributed by atoms with Crippen LogP contribution in [0.2, 0.25) is 0 Å². The molecule has 1 aromatic carbocycles. The van der Waals surface area contributed by atoms with E-state index >= 15 is 0 Å². The van der Waals surface area contributed by atoms with Crippen molar-refractivity contribution in [3.63, 3.8) is 0 Å². The van der Waals surface area contributed by atoms with E-state index in [0.29, 0.717) is 48.6 Å². The van der Waals surface area contributed by atoms with Gasteiger partial charge in [0.1, 0.15) is 11.7 Å². The van der Waals surface area contributed by atoms with Gasteiger partial charge in [0.15, 0.2) is 17.3 Å². The van der Waals surface area contributed by atoms with Crippen LogP contribution in [0.25, 0.3) is 27.6 Å². The molecule has 1 unspecified atom stereocenters. The van der Waals surface area contributed by atoms with E-state index in [-0.39, 0.29) is 12.6 Å². The van der Waals surface area contributed by atoms with E-state index in [1.807, 2.05) is 29.8 Å². The van der Waals surface area contributed by atoms with Crippen molar-refractivity contribution in [2.24, 2.45) is 4.99 Å². The number of nitrogens with zero attached hydrogens (tertiary/aromatic N) is 5. The summed E-state index contributed by atoms with van der Waals surface area (Å²) in [5.41, 5.74) is 4.51. The molecule has 0 bridgehead atoms. The fraction of sp³-hybridized carbons (Fsp3) is 0.360. The normalized spacial score (nSPS) is 19.0. The van der Waals surface area contributed by atoms with Crippen LogP contribution in [-0.2, 0) is 6.42 Å². The minimum absolute atomic E-state index is 0.0288. The Bertz CT molecular complexity index is 1360. The van der Waals surface area contributed by atoms with E-state index in [1.165, 1.54) is 17.2 Å². The topological polar surface area (TPSA) is 104 Å². The molecule has 3 N–H and O–H groups in total. The first kappa shape index (κ1) is 22.2. The number of para-hydroxylation sites is 1. The molecule has 4 heterocycles. The zero-order valence-corrected chi connectivity index (χ0v) is 19.1. The number of aromatic nitrogens is 5. The van der Waals surface area contributed by atoms with Gasteiger partial charge in [-0.15, -0.1) is 0 Å².